The summed E-state index contributed by atoms with van der Waals surface area (Å²) in [7, 11) is 3.70. The zero-order chi connectivity index (χ0) is 13.4. The average Bonchev–Trinajstić information content (AvgIpc) is 3.26. The van der Waals surface area contributed by atoms with E-state index in [4.69, 9.17) is 0 Å². The van der Waals surface area contributed by atoms with Crippen LogP contribution in [0.5, 0.6) is 0 Å². The van der Waals surface area contributed by atoms with Crippen molar-refractivity contribution in [1.82, 2.24) is 14.9 Å². The van der Waals surface area contributed by atoms with E-state index in [2.05, 4.69) is 15.3 Å². The van der Waals surface area contributed by atoms with Crippen molar-refractivity contribution in [3.63, 3.8) is 0 Å². The molecule has 2 aliphatic rings. The van der Waals surface area contributed by atoms with Gasteiger partial charge in [-0.05, 0) is 12.8 Å². The third-order valence-corrected chi connectivity index (χ3v) is 3.71. The summed E-state index contributed by atoms with van der Waals surface area (Å²) in [6.07, 6.45) is 2.35. The smallest absolute Gasteiger partial charge is 0.241 e. The third-order valence-electron chi connectivity index (χ3n) is 3.71. The second-order valence-electron chi connectivity index (χ2n) is 5.23. The molecule has 19 heavy (non-hydrogen) atoms. The van der Waals surface area contributed by atoms with E-state index in [1.807, 2.05) is 25.1 Å². The first-order valence-corrected chi connectivity index (χ1v) is 6.73. The van der Waals surface area contributed by atoms with Gasteiger partial charge in [0, 0.05) is 39.2 Å². The van der Waals surface area contributed by atoms with Crippen LogP contribution in [0.3, 0.4) is 0 Å². The van der Waals surface area contributed by atoms with Crippen molar-refractivity contribution >= 4 is 17.5 Å². The first kappa shape index (κ1) is 12.2. The van der Waals surface area contributed by atoms with E-state index in [1.54, 1.807) is 4.90 Å². The molecule has 102 valence electrons. The molecular weight excluding hydrogens is 242 g/mol. The number of nitrogens with one attached hydrogen (secondary N) is 1. The van der Waals surface area contributed by atoms with Crippen molar-refractivity contribution in [3.05, 3.63) is 11.9 Å². The Hall–Kier alpha value is -1.85. The number of amides is 1. The van der Waals surface area contributed by atoms with Gasteiger partial charge in [0.15, 0.2) is 0 Å². The number of hydrogen-bond acceptors (Lipinski definition) is 5. The van der Waals surface area contributed by atoms with E-state index in [0.29, 0.717) is 12.5 Å². The zero-order valence-electron chi connectivity index (χ0n) is 11.4. The molecule has 0 spiro atoms. The summed E-state index contributed by atoms with van der Waals surface area (Å²) in [5.41, 5.74) is 0. The fourth-order valence-corrected chi connectivity index (χ4v) is 2.22. The largest absolute Gasteiger partial charge is 0.373 e. The number of carbonyl (C=O) groups excluding carboxylic acids is 1. The van der Waals surface area contributed by atoms with Crippen LogP contribution in [0, 0.1) is 0 Å². The molecule has 2 heterocycles. The van der Waals surface area contributed by atoms with Crippen molar-refractivity contribution in [2.75, 3.05) is 43.9 Å². The minimum atomic E-state index is 0.142. The Morgan fingerprint density at radius 1 is 1.32 bits per heavy atom. The standard InChI is InChI=1S/C13H19N5O/c1-14-10-7-11(16-13(15-10)9-3-4-9)18-6-5-17(2)12(19)8-18/h7,9H,3-6,8H2,1-2H3,(H,14,15,16). The maximum Gasteiger partial charge on any atom is 0.241 e. The van der Waals surface area contributed by atoms with Crippen LogP contribution >= 0.6 is 0 Å². The van der Waals surface area contributed by atoms with Gasteiger partial charge >= 0.3 is 0 Å². The monoisotopic (exact) mass is 261 g/mol. The molecule has 6 nitrogen and oxygen atoms in total. The first-order valence-electron chi connectivity index (χ1n) is 6.73. The second kappa shape index (κ2) is 4.68. The molecule has 0 aromatic carbocycles. The number of likely N-dealkylation sites (N-methyl/N-ethyl adjacent to an activating group) is 1. The summed E-state index contributed by atoms with van der Waals surface area (Å²) in [6, 6.07) is 1.92. The Morgan fingerprint density at radius 3 is 2.74 bits per heavy atom. The lowest BCUT2D eigenvalue weighted by Crippen LogP contribution is -2.48. The number of piperazine rings is 1. The highest BCUT2D eigenvalue weighted by atomic mass is 16.2. The van der Waals surface area contributed by atoms with Crippen LogP contribution in [-0.2, 0) is 4.79 Å². The van der Waals surface area contributed by atoms with E-state index < -0.39 is 0 Å². The Morgan fingerprint density at radius 2 is 2.11 bits per heavy atom. The minimum Gasteiger partial charge on any atom is -0.373 e. The molecular formula is C13H19N5O. The molecule has 1 aromatic rings. The van der Waals surface area contributed by atoms with Crippen molar-refractivity contribution in [2.24, 2.45) is 0 Å². The summed E-state index contributed by atoms with van der Waals surface area (Å²) in [5, 5.41) is 3.08. The normalized spacial score (nSPS) is 19.8. The SMILES string of the molecule is CNc1cc(N2CCN(C)C(=O)C2)nc(C2CC2)n1. The molecule has 2 fully saturated rings. The van der Waals surface area contributed by atoms with Gasteiger partial charge in [-0.3, -0.25) is 4.79 Å². The molecule has 1 amide bonds. The van der Waals surface area contributed by atoms with Gasteiger partial charge in [0.25, 0.3) is 0 Å². The van der Waals surface area contributed by atoms with Crippen LogP contribution in [0.1, 0.15) is 24.6 Å². The fraction of sp³-hybridized carbons (Fsp3) is 0.615. The Labute approximate surface area is 112 Å². The van der Waals surface area contributed by atoms with Gasteiger partial charge in [-0.2, -0.15) is 0 Å². The molecule has 0 radical (unpaired) electrons. The van der Waals surface area contributed by atoms with E-state index in [-0.39, 0.29) is 5.91 Å². The maximum atomic E-state index is 11.8. The Bertz CT molecular complexity index is 500. The fourth-order valence-electron chi connectivity index (χ4n) is 2.22. The average molecular weight is 261 g/mol. The number of carbonyl (C=O) groups is 1. The van der Waals surface area contributed by atoms with E-state index in [1.165, 1.54) is 12.8 Å². The van der Waals surface area contributed by atoms with E-state index in [9.17, 15) is 4.79 Å². The molecule has 0 atom stereocenters. The lowest BCUT2D eigenvalue weighted by atomic mass is 10.3. The lowest BCUT2D eigenvalue weighted by molar-refractivity contribution is -0.129. The quantitative estimate of drug-likeness (QED) is 0.866. The number of rotatable bonds is 3. The second-order valence-corrected chi connectivity index (χ2v) is 5.23. The molecule has 1 aliphatic carbocycles. The maximum absolute atomic E-state index is 11.8. The van der Waals surface area contributed by atoms with Crippen LogP contribution in [0.25, 0.3) is 0 Å². The number of hydrogen-bond donors (Lipinski definition) is 1. The van der Waals surface area contributed by atoms with Crippen molar-refractivity contribution in [3.8, 4) is 0 Å². The predicted octanol–water partition coefficient (Wildman–Crippen LogP) is 0.674. The molecule has 1 aliphatic heterocycles. The van der Waals surface area contributed by atoms with Gasteiger partial charge < -0.3 is 15.1 Å². The van der Waals surface area contributed by atoms with Crippen LogP contribution in [-0.4, -0.2) is 54.5 Å². The summed E-state index contributed by atoms with van der Waals surface area (Å²) in [6.45, 7) is 1.98. The highest BCUT2D eigenvalue weighted by Gasteiger charge is 2.29. The van der Waals surface area contributed by atoms with Crippen molar-refractivity contribution < 1.29 is 4.79 Å². The number of nitrogens with zero attached hydrogens (tertiary/aromatic N) is 4. The molecule has 6 heteroatoms. The predicted molar refractivity (Wildman–Crippen MR) is 73.4 cm³/mol. The third kappa shape index (κ3) is 2.47. The lowest BCUT2D eigenvalue weighted by Gasteiger charge is -2.33. The van der Waals surface area contributed by atoms with Crippen LogP contribution in [0.2, 0.25) is 0 Å². The highest BCUT2D eigenvalue weighted by molar-refractivity contribution is 5.82. The highest BCUT2D eigenvalue weighted by Crippen LogP contribution is 2.39. The van der Waals surface area contributed by atoms with Gasteiger partial charge in [0.05, 0.1) is 6.54 Å². The summed E-state index contributed by atoms with van der Waals surface area (Å²) in [4.78, 5) is 24.7. The number of aromatic nitrogens is 2. The van der Waals surface area contributed by atoms with Crippen molar-refractivity contribution in [2.45, 2.75) is 18.8 Å². The molecule has 1 aromatic heterocycles. The molecule has 3 rings (SSSR count). The molecule has 0 unspecified atom stereocenters. The Balaban J connectivity index is 1.86. The summed E-state index contributed by atoms with van der Waals surface area (Å²) in [5.74, 6) is 3.26. The van der Waals surface area contributed by atoms with Crippen LogP contribution in [0.4, 0.5) is 11.6 Å². The van der Waals surface area contributed by atoms with Gasteiger partial charge in [-0.25, -0.2) is 9.97 Å². The van der Waals surface area contributed by atoms with Gasteiger partial charge in [0.2, 0.25) is 5.91 Å². The van der Waals surface area contributed by atoms with Crippen LogP contribution in [0.15, 0.2) is 6.07 Å². The minimum absolute atomic E-state index is 0.142. The molecule has 0 bridgehead atoms. The van der Waals surface area contributed by atoms with Crippen molar-refractivity contribution in [1.29, 1.82) is 0 Å². The number of anilines is 2. The molecule has 1 saturated heterocycles. The zero-order valence-corrected chi connectivity index (χ0v) is 11.4. The van der Waals surface area contributed by atoms with Gasteiger partial charge in [-0.1, -0.05) is 0 Å². The summed E-state index contributed by atoms with van der Waals surface area (Å²) < 4.78 is 0. The Kier molecular flexibility index (Phi) is 3.00. The first-order chi connectivity index (χ1) is 9.17. The molecule has 1 saturated carbocycles. The van der Waals surface area contributed by atoms with E-state index >= 15 is 0 Å². The van der Waals surface area contributed by atoms with Gasteiger partial charge in [0.1, 0.15) is 17.5 Å². The van der Waals surface area contributed by atoms with E-state index in [0.717, 1.165) is 30.5 Å². The van der Waals surface area contributed by atoms with Gasteiger partial charge in [-0.15, -0.1) is 0 Å². The molecule has 1 N–H and O–H groups in total. The van der Waals surface area contributed by atoms with Crippen LogP contribution < -0.4 is 10.2 Å². The topological polar surface area (TPSA) is 61.4 Å². The summed E-state index contributed by atoms with van der Waals surface area (Å²) >= 11 is 0.